The van der Waals surface area contributed by atoms with E-state index in [1.807, 2.05) is 50.2 Å². The highest BCUT2D eigenvalue weighted by atomic mass is 16.6. The number of carbonyl (C=O) groups is 4. The van der Waals surface area contributed by atoms with Gasteiger partial charge in [0.05, 0.1) is 31.5 Å². The van der Waals surface area contributed by atoms with Crippen LogP contribution in [0.15, 0.2) is 54.7 Å². The minimum Gasteiger partial charge on any atom is -0.460 e. The fourth-order valence-corrected chi connectivity index (χ4v) is 5.29. The van der Waals surface area contributed by atoms with Gasteiger partial charge in [0.15, 0.2) is 5.78 Å². The van der Waals surface area contributed by atoms with Crippen LogP contribution in [0.25, 0.3) is 22.4 Å². The number of nitrogens with zero attached hydrogens (tertiary/aromatic N) is 2. The molecule has 0 radical (unpaired) electrons. The number of rotatable bonds is 10. The van der Waals surface area contributed by atoms with Gasteiger partial charge >= 0.3 is 12.1 Å². The molecule has 0 bridgehead atoms. The Hall–Kier alpha value is -4.47. The van der Waals surface area contributed by atoms with E-state index in [0.29, 0.717) is 17.9 Å². The van der Waals surface area contributed by atoms with Gasteiger partial charge in [-0.1, -0.05) is 62.4 Å². The topological polar surface area (TPSA) is 131 Å². The standard InChI is InChI=1S/C34H42N4O6/c1-21(2)30(37-33(42)43-6)32(41)38-19-7-8-27(38)31-35-20-26(36-31)24-13-9-22(10-14-24)23-11-15-25(16-12-23)28(39)17-18-29(40)44-34(3,4)5/h9-16,20-21,27,30H,7-8,17-19H2,1-6H3,(H,35,36)(H,37,42)/t27-,30-/m0/s1. The highest BCUT2D eigenvalue weighted by molar-refractivity contribution is 5.98. The van der Waals surface area contributed by atoms with Crippen molar-refractivity contribution in [1.82, 2.24) is 20.2 Å². The molecule has 3 aromatic rings. The molecule has 4 rings (SSSR count). The Labute approximate surface area is 258 Å². The first kappa shape index (κ1) is 32.4. The number of carbonyl (C=O) groups excluding carboxylic acids is 4. The summed E-state index contributed by atoms with van der Waals surface area (Å²) in [7, 11) is 1.28. The number of likely N-dealkylation sites (tertiary alicyclic amines) is 1. The second kappa shape index (κ2) is 13.9. The molecular formula is C34H42N4O6. The van der Waals surface area contributed by atoms with E-state index in [1.165, 1.54) is 7.11 Å². The van der Waals surface area contributed by atoms with Crippen LogP contribution in [0.5, 0.6) is 0 Å². The van der Waals surface area contributed by atoms with Crippen molar-refractivity contribution >= 4 is 23.8 Å². The predicted octanol–water partition coefficient (Wildman–Crippen LogP) is 6.09. The number of ketones is 1. The average molecular weight is 603 g/mol. The Morgan fingerprint density at radius 2 is 1.59 bits per heavy atom. The van der Waals surface area contributed by atoms with E-state index in [1.54, 1.807) is 44.0 Å². The quantitative estimate of drug-likeness (QED) is 0.212. The highest BCUT2D eigenvalue weighted by Crippen LogP contribution is 2.33. The van der Waals surface area contributed by atoms with Crippen LogP contribution < -0.4 is 5.32 Å². The van der Waals surface area contributed by atoms with E-state index >= 15 is 0 Å². The van der Waals surface area contributed by atoms with Crippen molar-refractivity contribution in [2.24, 2.45) is 5.92 Å². The molecule has 0 unspecified atom stereocenters. The third kappa shape index (κ3) is 8.12. The van der Waals surface area contributed by atoms with Crippen molar-refractivity contribution in [3.63, 3.8) is 0 Å². The zero-order valence-corrected chi connectivity index (χ0v) is 26.3. The van der Waals surface area contributed by atoms with E-state index in [4.69, 9.17) is 9.47 Å². The van der Waals surface area contributed by atoms with Crippen molar-refractivity contribution in [3.05, 3.63) is 66.1 Å². The van der Waals surface area contributed by atoms with E-state index in [-0.39, 0.29) is 42.5 Å². The van der Waals surface area contributed by atoms with Crippen LogP contribution in [0.2, 0.25) is 0 Å². The molecule has 2 N–H and O–H groups in total. The van der Waals surface area contributed by atoms with Crippen molar-refractivity contribution in [3.8, 4) is 22.4 Å². The number of nitrogens with one attached hydrogen (secondary N) is 2. The normalized spacial score (nSPS) is 15.6. The molecule has 2 heterocycles. The van der Waals surface area contributed by atoms with Gasteiger partial charge in [-0.05, 0) is 56.2 Å². The third-order valence-electron chi connectivity index (χ3n) is 7.55. The highest BCUT2D eigenvalue weighted by Gasteiger charge is 2.37. The lowest BCUT2D eigenvalue weighted by Gasteiger charge is -2.30. The maximum atomic E-state index is 13.4. The molecular weight excluding hydrogens is 560 g/mol. The minimum absolute atomic E-state index is 0.0504. The van der Waals surface area contributed by atoms with Gasteiger partial charge in [-0.25, -0.2) is 9.78 Å². The lowest BCUT2D eigenvalue weighted by Crippen LogP contribution is -2.51. The summed E-state index contributed by atoms with van der Waals surface area (Å²) in [5.74, 6) is -0.0220. The number of ether oxygens (including phenoxy) is 2. The van der Waals surface area contributed by atoms with Crippen molar-refractivity contribution < 1.29 is 28.7 Å². The molecule has 1 aliphatic rings. The molecule has 10 heteroatoms. The first-order valence-electron chi connectivity index (χ1n) is 15.0. The van der Waals surface area contributed by atoms with Crippen LogP contribution in [-0.4, -0.2) is 63.9 Å². The molecule has 1 saturated heterocycles. The molecule has 1 fully saturated rings. The summed E-state index contributed by atoms with van der Waals surface area (Å²) in [6.45, 7) is 9.78. The van der Waals surface area contributed by atoms with E-state index < -0.39 is 17.7 Å². The Kier molecular flexibility index (Phi) is 10.2. The Morgan fingerprint density at radius 1 is 0.977 bits per heavy atom. The lowest BCUT2D eigenvalue weighted by molar-refractivity contribution is -0.154. The number of Topliss-reactive ketones (excluding diaryl/α,β-unsaturated/α-hetero) is 1. The smallest absolute Gasteiger partial charge is 0.407 e. The predicted molar refractivity (Wildman–Crippen MR) is 167 cm³/mol. The summed E-state index contributed by atoms with van der Waals surface area (Å²) in [5.41, 5.74) is 3.73. The lowest BCUT2D eigenvalue weighted by atomic mass is 9.99. The summed E-state index contributed by atoms with van der Waals surface area (Å²) < 4.78 is 10.0. The van der Waals surface area contributed by atoms with Gasteiger partial charge in [0.25, 0.3) is 0 Å². The number of methoxy groups -OCH3 is 1. The van der Waals surface area contributed by atoms with Gasteiger partial charge in [0.1, 0.15) is 17.5 Å². The van der Waals surface area contributed by atoms with Gasteiger partial charge in [0, 0.05) is 18.5 Å². The zero-order chi connectivity index (χ0) is 32.0. The Balaban J connectivity index is 1.40. The van der Waals surface area contributed by atoms with Gasteiger partial charge < -0.3 is 24.7 Å². The first-order valence-corrected chi connectivity index (χ1v) is 15.0. The molecule has 2 aromatic carbocycles. The van der Waals surface area contributed by atoms with Gasteiger partial charge in [-0.15, -0.1) is 0 Å². The van der Waals surface area contributed by atoms with E-state index in [0.717, 1.165) is 35.2 Å². The number of hydrogen-bond donors (Lipinski definition) is 2. The molecule has 234 valence electrons. The molecule has 44 heavy (non-hydrogen) atoms. The fourth-order valence-electron chi connectivity index (χ4n) is 5.29. The van der Waals surface area contributed by atoms with E-state index in [9.17, 15) is 19.2 Å². The summed E-state index contributed by atoms with van der Waals surface area (Å²) in [6, 6.07) is 14.5. The number of benzene rings is 2. The first-order chi connectivity index (χ1) is 20.9. The Bertz CT molecular complexity index is 1470. The van der Waals surface area contributed by atoms with Gasteiger partial charge in [-0.2, -0.15) is 0 Å². The summed E-state index contributed by atoms with van der Waals surface area (Å²) in [4.78, 5) is 59.6. The molecule has 2 atom stereocenters. The minimum atomic E-state index is -0.686. The number of amides is 2. The molecule has 0 aliphatic carbocycles. The van der Waals surface area contributed by atoms with Crippen LogP contribution in [0, 0.1) is 5.92 Å². The summed E-state index contributed by atoms with van der Waals surface area (Å²) in [6.07, 6.45) is 2.92. The molecule has 10 nitrogen and oxygen atoms in total. The Morgan fingerprint density at radius 3 is 2.18 bits per heavy atom. The van der Waals surface area contributed by atoms with Gasteiger partial charge in [0.2, 0.25) is 5.91 Å². The average Bonchev–Trinajstić information content (AvgIpc) is 3.68. The summed E-state index contributed by atoms with van der Waals surface area (Å²) in [5, 5.41) is 2.67. The SMILES string of the molecule is COC(=O)N[C@H](C(=O)N1CCC[C@H]1c1ncc(-c2ccc(-c3ccc(C(=O)CCC(=O)OC(C)(C)C)cc3)cc2)[nH]1)C(C)C. The molecule has 0 saturated carbocycles. The van der Waals surface area contributed by atoms with Crippen LogP contribution in [0.4, 0.5) is 4.79 Å². The maximum Gasteiger partial charge on any atom is 0.407 e. The van der Waals surface area contributed by atoms with Crippen molar-refractivity contribution in [2.75, 3.05) is 13.7 Å². The van der Waals surface area contributed by atoms with Crippen molar-refractivity contribution in [1.29, 1.82) is 0 Å². The largest absolute Gasteiger partial charge is 0.460 e. The number of alkyl carbamates (subject to hydrolysis) is 1. The monoisotopic (exact) mass is 602 g/mol. The molecule has 2 amide bonds. The maximum absolute atomic E-state index is 13.4. The van der Waals surface area contributed by atoms with E-state index in [2.05, 4.69) is 15.3 Å². The second-order valence-electron chi connectivity index (χ2n) is 12.4. The number of aromatic nitrogens is 2. The number of hydrogen-bond acceptors (Lipinski definition) is 7. The van der Waals surface area contributed by atoms with Crippen molar-refractivity contribution in [2.45, 2.75) is 78.0 Å². The number of imidazole rings is 1. The van der Waals surface area contributed by atoms with Crippen LogP contribution >= 0.6 is 0 Å². The zero-order valence-electron chi connectivity index (χ0n) is 26.3. The number of H-pyrrole nitrogens is 1. The molecule has 1 aliphatic heterocycles. The summed E-state index contributed by atoms with van der Waals surface area (Å²) >= 11 is 0. The molecule has 1 aromatic heterocycles. The van der Waals surface area contributed by atoms with Crippen LogP contribution in [0.1, 0.15) is 82.5 Å². The van der Waals surface area contributed by atoms with Gasteiger partial charge in [-0.3, -0.25) is 14.4 Å². The third-order valence-corrected chi connectivity index (χ3v) is 7.55. The number of esters is 1. The second-order valence-corrected chi connectivity index (χ2v) is 12.4. The number of aromatic amines is 1. The molecule has 0 spiro atoms. The van der Waals surface area contributed by atoms with Crippen LogP contribution in [0.3, 0.4) is 0 Å². The van der Waals surface area contributed by atoms with Crippen LogP contribution in [-0.2, 0) is 19.1 Å². The fraction of sp³-hybridized carbons (Fsp3) is 0.441.